The molecule has 0 radical (unpaired) electrons. The zero-order valence-electron chi connectivity index (χ0n) is 18.2. The summed E-state index contributed by atoms with van der Waals surface area (Å²) in [5.41, 5.74) is 3.63. The van der Waals surface area contributed by atoms with Gasteiger partial charge in [-0.1, -0.05) is 31.4 Å². The molecular weight excluding hydrogens is 364 g/mol. The lowest BCUT2D eigenvalue weighted by atomic mass is 9.96. The van der Waals surface area contributed by atoms with Crippen LogP contribution >= 0.6 is 0 Å². The van der Waals surface area contributed by atoms with E-state index >= 15 is 0 Å². The highest BCUT2D eigenvalue weighted by molar-refractivity contribution is 5.83. The molecule has 0 bridgehead atoms. The first-order valence-corrected chi connectivity index (χ1v) is 10.7. The van der Waals surface area contributed by atoms with Gasteiger partial charge in [0.1, 0.15) is 0 Å². The number of carbonyl (C=O) groups excluding carboxylic acids is 1. The van der Waals surface area contributed by atoms with Crippen LogP contribution in [0.3, 0.4) is 0 Å². The third-order valence-corrected chi connectivity index (χ3v) is 6.03. The van der Waals surface area contributed by atoms with Crippen LogP contribution in [0.4, 0.5) is 4.79 Å². The normalized spacial score (nSPS) is 15.1. The molecule has 158 valence electrons. The number of urea groups is 1. The fraction of sp³-hybridized carbons (Fsp3) is 0.565. The van der Waals surface area contributed by atoms with Crippen LogP contribution in [0.15, 0.2) is 23.0 Å². The van der Waals surface area contributed by atoms with Gasteiger partial charge in [-0.25, -0.2) is 4.79 Å². The SMILES string of the molecule is Cc1ccc2cc(CN(CCN(C)C)C(=O)NC3CCCCC3)c(=O)[nH]c2c1C. The molecule has 1 aromatic carbocycles. The van der Waals surface area contributed by atoms with Crippen molar-refractivity contribution in [2.24, 2.45) is 0 Å². The number of fused-ring (bicyclic) bond motifs is 1. The van der Waals surface area contributed by atoms with Crippen molar-refractivity contribution in [3.63, 3.8) is 0 Å². The monoisotopic (exact) mass is 398 g/mol. The van der Waals surface area contributed by atoms with Crippen molar-refractivity contribution in [3.05, 3.63) is 45.2 Å². The first-order chi connectivity index (χ1) is 13.8. The predicted molar refractivity (Wildman–Crippen MR) is 118 cm³/mol. The van der Waals surface area contributed by atoms with Gasteiger partial charge in [-0.05, 0) is 63.4 Å². The molecule has 1 saturated carbocycles. The number of hydrogen-bond acceptors (Lipinski definition) is 3. The number of likely N-dealkylation sites (N-methyl/N-ethyl adjacent to an activating group) is 1. The van der Waals surface area contributed by atoms with Crippen molar-refractivity contribution in [2.75, 3.05) is 27.2 Å². The summed E-state index contributed by atoms with van der Waals surface area (Å²) in [7, 11) is 3.98. The van der Waals surface area contributed by atoms with Gasteiger partial charge in [0.25, 0.3) is 5.56 Å². The molecule has 1 aromatic heterocycles. The summed E-state index contributed by atoms with van der Waals surface area (Å²) in [6.07, 6.45) is 5.68. The summed E-state index contributed by atoms with van der Waals surface area (Å²) in [6.45, 7) is 5.70. The topological polar surface area (TPSA) is 68.4 Å². The van der Waals surface area contributed by atoms with Crippen LogP contribution in [-0.2, 0) is 6.54 Å². The highest BCUT2D eigenvalue weighted by Gasteiger charge is 2.21. The Morgan fingerprint density at radius 2 is 1.86 bits per heavy atom. The smallest absolute Gasteiger partial charge is 0.317 e. The van der Waals surface area contributed by atoms with Crippen LogP contribution in [0.25, 0.3) is 10.9 Å². The lowest BCUT2D eigenvalue weighted by Crippen LogP contribution is -2.47. The number of rotatable bonds is 6. The van der Waals surface area contributed by atoms with E-state index in [1.54, 1.807) is 4.90 Å². The third-order valence-electron chi connectivity index (χ3n) is 6.03. The molecule has 1 heterocycles. The highest BCUT2D eigenvalue weighted by atomic mass is 16.2. The minimum atomic E-state index is -0.119. The van der Waals surface area contributed by atoms with E-state index in [9.17, 15) is 9.59 Å². The molecule has 0 atom stereocenters. The van der Waals surface area contributed by atoms with Crippen LogP contribution in [0.1, 0.15) is 48.8 Å². The lowest BCUT2D eigenvalue weighted by Gasteiger charge is -2.29. The number of nitrogens with one attached hydrogen (secondary N) is 2. The van der Waals surface area contributed by atoms with Crippen molar-refractivity contribution in [1.29, 1.82) is 0 Å². The van der Waals surface area contributed by atoms with Gasteiger partial charge in [0.05, 0.1) is 12.1 Å². The molecule has 3 rings (SSSR count). The Bertz CT molecular complexity index is 913. The van der Waals surface area contributed by atoms with Crippen molar-refractivity contribution < 1.29 is 4.79 Å². The quantitative estimate of drug-likeness (QED) is 0.782. The van der Waals surface area contributed by atoms with E-state index in [2.05, 4.69) is 21.3 Å². The minimum Gasteiger partial charge on any atom is -0.335 e. The molecule has 2 amide bonds. The predicted octanol–water partition coefficient (Wildman–Crippen LogP) is 3.55. The van der Waals surface area contributed by atoms with E-state index in [-0.39, 0.29) is 17.6 Å². The van der Waals surface area contributed by atoms with E-state index in [0.29, 0.717) is 18.7 Å². The van der Waals surface area contributed by atoms with Crippen molar-refractivity contribution >= 4 is 16.9 Å². The van der Waals surface area contributed by atoms with Crippen molar-refractivity contribution in [2.45, 2.75) is 58.5 Å². The minimum absolute atomic E-state index is 0.0710. The number of aromatic amines is 1. The molecule has 0 spiro atoms. The molecule has 6 heteroatoms. The Balaban J connectivity index is 1.82. The number of benzene rings is 1. The summed E-state index contributed by atoms with van der Waals surface area (Å²) in [5.74, 6) is 0. The average Bonchev–Trinajstić information content (AvgIpc) is 2.69. The first-order valence-electron chi connectivity index (χ1n) is 10.7. The van der Waals surface area contributed by atoms with E-state index < -0.39 is 0 Å². The van der Waals surface area contributed by atoms with Crippen LogP contribution in [0.5, 0.6) is 0 Å². The summed E-state index contributed by atoms with van der Waals surface area (Å²) in [6, 6.07) is 6.21. The number of nitrogens with zero attached hydrogens (tertiary/aromatic N) is 2. The number of carbonyl (C=O) groups is 1. The Labute approximate surface area is 173 Å². The Hall–Kier alpha value is -2.34. The molecule has 2 N–H and O–H groups in total. The maximum atomic E-state index is 13.0. The Morgan fingerprint density at radius 1 is 1.14 bits per heavy atom. The van der Waals surface area contributed by atoms with Gasteiger partial charge < -0.3 is 20.1 Å². The number of amides is 2. The van der Waals surface area contributed by atoms with E-state index in [1.807, 2.05) is 40.1 Å². The van der Waals surface area contributed by atoms with Gasteiger partial charge in [0.2, 0.25) is 0 Å². The van der Waals surface area contributed by atoms with Gasteiger partial charge in [-0.2, -0.15) is 0 Å². The maximum Gasteiger partial charge on any atom is 0.317 e. The number of pyridine rings is 1. The molecule has 1 aliphatic carbocycles. The van der Waals surface area contributed by atoms with E-state index in [4.69, 9.17) is 0 Å². The van der Waals surface area contributed by atoms with E-state index in [0.717, 1.165) is 41.4 Å². The molecule has 0 aliphatic heterocycles. The molecule has 29 heavy (non-hydrogen) atoms. The highest BCUT2D eigenvalue weighted by Crippen LogP contribution is 2.20. The molecule has 1 fully saturated rings. The second kappa shape index (κ2) is 9.44. The lowest BCUT2D eigenvalue weighted by molar-refractivity contribution is 0.181. The molecule has 2 aromatic rings. The largest absolute Gasteiger partial charge is 0.335 e. The van der Waals surface area contributed by atoms with Gasteiger partial charge in [0.15, 0.2) is 0 Å². The molecule has 1 aliphatic rings. The Morgan fingerprint density at radius 3 is 2.55 bits per heavy atom. The third kappa shape index (κ3) is 5.38. The average molecular weight is 399 g/mol. The summed E-state index contributed by atoms with van der Waals surface area (Å²) in [4.78, 5) is 32.6. The summed E-state index contributed by atoms with van der Waals surface area (Å²) >= 11 is 0. The fourth-order valence-corrected chi connectivity index (χ4v) is 3.98. The molecule has 6 nitrogen and oxygen atoms in total. The van der Waals surface area contributed by atoms with Gasteiger partial charge in [-0.15, -0.1) is 0 Å². The number of aromatic nitrogens is 1. The first kappa shape index (κ1) is 21.4. The molecular formula is C23H34N4O2. The fourth-order valence-electron chi connectivity index (χ4n) is 3.98. The van der Waals surface area contributed by atoms with Crippen molar-refractivity contribution in [1.82, 2.24) is 20.1 Å². The van der Waals surface area contributed by atoms with Gasteiger partial charge >= 0.3 is 6.03 Å². The van der Waals surface area contributed by atoms with Crippen molar-refractivity contribution in [3.8, 4) is 0 Å². The number of H-pyrrole nitrogens is 1. The van der Waals surface area contributed by atoms with Crippen LogP contribution < -0.4 is 10.9 Å². The zero-order chi connectivity index (χ0) is 21.0. The standard InChI is InChI=1S/C23H34N4O2/c1-16-10-11-18-14-19(22(28)25-21(18)17(16)2)15-27(13-12-26(3)4)23(29)24-20-8-6-5-7-9-20/h10-11,14,20H,5-9,12-13,15H2,1-4H3,(H,24,29)(H,25,28). The summed E-state index contributed by atoms with van der Waals surface area (Å²) < 4.78 is 0. The number of hydrogen-bond donors (Lipinski definition) is 2. The zero-order valence-corrected chi connectivity index (χ0v) is 18.2. The van der Waals surface area contributed by atoms with Crippen LogP contribution in [-0.4, -0.2) is 54.0 Å². The van der Waals surface area contributed by atoms with Crippen LogP contribution in [0, 0.1) is 13.8 Å². The maximum absolute atomic E-state index is 13.0. The second-order valence-corrected chi connectivity index (χ2v) is 8.60. The molecule has 0 unspecified atom stereocenters. The van der Waals surface area contributed by atoms with Gasteiger partial charge in [0, 0.05) is 24.7 Å². The Kier molecular flexibility index (Phi) is 6.96. The van der Waals surface area contributed by atoms with Crippen LogP contribution in [0.2, 0.25) is 0 Å². The molecule has 0 saturated heterocycles. The second-order valence-electron chi connectivity index (χ2n) is 8.60. The summed E-state index contributed by atoms with van der Waals surface area (Å²) in [5, 5.41) is 4.20. The van der Waals surface area contributed by atoms with Gasteiger partial charge in [-0.3, -0.25) is 4.79 Å². The number of aryl methyl sites for hydroxylation is 2. The van der Waals surface area contributed by atoms with E-state index in [1.165, 1.54) is 19.3 Å².